The van der Waals surface area contributed by atoms with Crippen LogP contribution in [-0.4, -0.2) is 20.7 Å². The third-order valence-corrected chi connectivity index (χ3v) is 5.46. The van der Waals surface area contributed by atoms with Gasteiger partial charge in [-0.2, -0.15) is 5.10 Å². The maximum Gasteiger partial charge on any atom is 0.226 e. The molecule has 0 aromatic carbocycles. The zero-order valence-electron chi connectivity index (χ0n) is 12.7. The van der Waals surface area contributed by atoms with Crippen LogP contribution in [0, 0.1) is 6.92 Å². The Kier molecular flexibility index (Phi) is 3.48. The average Bonchev–Trinajstić information content (AvgIpc) is 3.16. The second-order valence-corrected chi connectivity index (χ2v) is 7.02. The van der Waals surface area contributed by atoms with Crippen LogP contribution in [0.5, 0.6) is 0 Å². The minimum absolute atomic E-state index is 0.0485. The molecule has 1 saturated carbocycles. The van der Waals surface area contributed by atoms with Gasteiger partial charge in [0.1, 0.15) is 5.82 Å². The van der Waals surface area contributed by atoms with Crippen LogP contribution in [0.25, 0.3) is 0 Å². The first-order valence-corrected chi connectivity index (χ1v) is 8.95. The molecule has 1 aliphatic carbocycles. The van der Waals surface area contributed by atoms with E-state index in [1.165, 1.54) is 19.3 Å². The van der Waals surface area contributed by atoms with Crippen LogP contribution < -0.4 is 5.32 Å². The van der Waals surface area contributed by atoms with Gasteiger partial charge in [0.25, 0.3) is 0 Å². The number of aryl methyl sites for hydroxylation is 1. The summed E-state index contributed by atoms with van der Waals surface area (Å²) < 4.78 is 2.08. The molecule has 1 atom stereocenters. The van der Waals surface area contributed by atoms with Crippen molar-refractivity contribution in [1.29, 1.82) is 0 Å². The first-order chi connectivity index (χ1) is 10.7. The molecule has 3 heterocycles. The smallest absolute Gasteiger partial charge is 0.226 e. The molecule has 2 aliphatic rings. The van der Waals surface area contributed by atoms with E-state index in [0.29, 0.717) is 12.5 Å². The predicted molar refractivity (Wildman–Crippen MR) is 86.3 cm³/mol. The molecule has 1 N–H and O–H groups in total. The van der Waals surface area contributed by atoms with Crippen molar-refractivity contribution in [1.82, 2.24) is 14.8 Å². The fraction of sp³-hybridized carbons (Fsp3) is 0.562. The summed E-state index contributed by atoms with van der Waals surface area (Å²) in [4.78, 5) is 16.6. The summed E-state index contributed by atoms with van der Waals surface area (Å²) >= 11 is 1.58. The summed E-state index contributed by atoms with van der Waals surface area (Å²) in [5.74, 6) is 1.04. The number of rotatable bonds is 2. The fourth-order valence-corrected chi connectivity index (χ4v) is 4.42. The highest BCUT2D eigenvalue weighted by molar-refractivity contribution is 7.07. The lowest BCUT2D eigenvalue weighted by Crippen LogP contribution is -2.26. The number of nitrogens with one attached hydrogen (secondary N) is 1. The standard InChI is InChI=1S/C16H20N4OS/c1-10-15-12(13-8-22-9-17-13)7-14(21)18-16(15)20(19-10)11-5-3-2-4-6-11/h8-9,11-12H,2-7H2,1H3,(H,18,21). The zero-order valence-corrected chi connectivity index (χ0v) is 13.5. The summed E-state index contributed by atoms with van der Waals surface area (Å²) in [6.45, 7) is 2.05. The SMILES string of the molecule is Cc1nn(C2CCCCC2)c2c1C(c1cscn1)CC(=O)N2. The Morgan fingerprint density at radius 2 is 2.14 bits per heavy atom. The molecule has 1 aliphatic heterocycles. The van der Waals surface area contributed by atoms with Crippen LogP contribution in [-0.2, 0) is 4.79 Å². The van der Waals surface area contributed by atoms with Crippen LogP contribution >= 0.6 is 11.3 Å². The minimum Gasteiger partial charge on any atom is -0.311 e. The summed E-state index contributed by atoms with van der Waals surface area (Å²) in [5.41, 5.74) is 5.02. The maximum atomic E-state index is 12.2. The Hall–Kier alpha value is -1.69. The first-order valence-electron chi connectivity index (χ1n) is 8.01. The fourth-order valence-electron chi connectivity index (χ4n) is 3.81. The number of anilines is 1. The van der Waals surface area contributed by atoms with Crippen molar-refractivity contribution in [3.63, 3.8) is 0 Å². The molecule has 6 heteroatoms. The van der Waals surface area contributed by atoms with Crippen LogP contribution in [0.2, 0.25) is 0 Å². The molecule has 2 aromatic heterocycles. The second kappa shape index (κ2) is 5.50. The van der Waals surface area contributed by atoms with Gasteiger partial charge in [-0.05, 0) is 19.8 Å². The molecule has 0 saturated heterocycles. The van der Waals surface area contributed by atoms with Crippen LogP contribution in [0.3, 0.4) is 0 Å². The van der Waals surface area contributed by atoms with Gasteiger partial charge >= 0.3 is 0 Å². The van der Waals surface area contributed by atoms with Gasteiger partial charge in [0.2, 0.25) is 5.91 Å². The number of hydrogen-bond donors (Lipinski definition) is 1. The minimum atomic E-state index is 0.0485. The summed E-state index contributed by atoms with van der Waals surface area (Å²) in [7, 11) is 0. The molecular weight excluding hydrogens is 296 g/mol. The lowest BCUT2D eigenvalue weighted by Gasteiger charge is -2.27. The van der Waals surface area contributed by atoms with Crippen LogP contribution in [0.4, 0.5) is 5.82 Å². The third-order valence-electron chi connectivity index (χ3n) is 4.86. The molecule has 4 rings (SSSR count). The largest absolute Gasteiger partial charge is 0.311 e. The van der Waals surface area contributed by atoms with Crippen molar-refractivity contribution in [3.8, 4) is 0 Å². The van der Waals surface area contributed by atoms with E-state index in [-0.39, 0.29) is 11.8 Å². The number of thiazole rings is 1. The Morgan fingerprint density at radius 1 is 1.32 bits per heavy atom. The van der Waals surface area contributed by atoms with E-state index in [4.69, 9.17) is 5.10 Å². The molecule has 1 amide bonds. The number of aromatic nitrogens is 3. The van der Waals surface area contributed by atoms with E-state index in [9.17, 15) is 4.79 Å². The van der Waals surface area contributed by atoms with Gasteiger partial charge in [0.05, 0.1) is 22.9 Å². The van der Waals surface area contributed by atoms with Crippen molar-refractivity contribution in [3.05, 3.63) is 27.8 Å². The van der Waals surface area contributed by atoms with Crippen molar-refractivity contribution >= 4 is 23.1 Å². The Labute approximate surface area is 133 Å². The number of nitrogens with zero attached hydrogens (tertiary/aromatic N) is 3. The summed E-state index contributed by atoms with van der Waals surface area (Å²) in [6.07, 6.45) is 6.60. The monoisotopic (exact) mass is 316 g/mol. The average molecular weight is 316 g/mol. The highest BCUT2D eigenvalue weighted by atomic mass is 32.1. The van der Waals surface area contributed by atoms with Gasteiger partial charge in [0, 0.05) is 23.3 Å². The molecule has 5 nitrogen and oxygen atoms in total. The molecule has 1 unspecified atom stereocenters. The van der Waals surface area contributed by atoms with E-state index in [0.717, 1.165) is 35.6 Å². The van der Waals surface area contributed by atoms with Crippen molar-refractivity contribution < 1.29 is 4.79 Å². The van der Waals surface area contributed by atoms with Gasteiger partial charge in [-0.15, -0.1) is 11.3 Å². The number of carbonyl (C=O) groups excluding carboxylic acids is 1. The molecule has 0 radical (unpaired) electrons. The number of fused-ring (bicyclic) bond motifs is 1. The van der Waals surface area contributed by atoms with E-state index in [1.54, 1.807) is 11.3 Å². The summed E-state index contributed by atoms with van der Waals surface area (Å²) in [6, 6.07) is 0.422. The molecule has 0 bridgehead atoms. The van der Waals surface area contributed by atoms with Crippen molar-refractivity contribution in [2.75, 3.05) is 5.32 Å². The topological polar surface area (TPSA) is 59.8 Å². The normalized spacial score (nSPS) is 22.4. The molecule has 0 spiro atoms. The Bertz CT molecular complexity index is 685. The Morgan fingerprint density at radius 3 is 2.86 bits per heavy atom. The lowest BCUT2D eigenvalue weighted by molar-refractivity contribution is -0.116. The Balaban J connectivity index is 1.79. The quantitative estimate of drug-likeness (QED) is 0.920. The highest BCUT2D eigenvalue weighted by Gasteiger charge is 2.34. The molecule has 116 valence electrons. The summed E-state index contributed by atoms with van der Waals surface area (Å²) in [5, 5.41) is 9.91. The van der Waals surface area contributed by atoms with Gasteiger partial charge in [-0.3, -0.25) is 4.79 Å². The van der Waals surface area contributed by atoms with E-state index >= 15 is 0 Å². The molecule has 22 heavy (non-hydrogen) atoms. The van der Waals surface area contributed by atoms with Crippen molar-refractivity contribution in [2.45, 2.75) is 57.4 Å². The van der Waals surface area contributed by atoms with E-state index < -0.39 is 0 Å². The van der Waals surface area contributed by atoms with E-state index in [1.807, 2.05) is 10.9 Å². The third kappa shape index (κ3) is 2.26. The second-order valence-electron chi connectivity index (χ2n) is 6.30. The first kappa shape index (κ1) is 13.9. The molecule has 2 aromatic rings. The predicted octanol–water partition coefficient (Wildman–Crippen LogP) is 3.63. The molecular formula is C16H20N4OS. The van der Waals surface area contributed by atoms with Crippen LogP contribution in [0.1, 0.15) is 67.4 Å². The number of carbonyl (C=O) groups is 1. The number of hydrogen-bond acceptors (Lipinski definition) is 4. The van der Waals surface area contributed by atoms with Gasteiger partial charge in [-0.25, -0.2) is 9.67 Å². The lowest BCUT2D eigenvalue weighted by atomic mass is 9.89. The van der Waals surface area contributed by atoms with Gasteiger partial charge in [-0.1, -0.05) is 19.3 Å². The van der Waals surface area contributed by atoms with Gasteiger partial charge < -0.3 is 5.32 Å². The van der Waals surface area contributed by atoms with Crippen LogP contribution in [0.15, 0.2) is 10.9 Å². The zero-order chi connectivity index (χ0) is 15.1. The van der Waals surface area contributed by atoms with Gasteiger partial charge in [0.15, 0.2) is 0 Å². The number of amides is 1. The van der Waals surface area contributed by atoms with E-state index in [2.05, 4.69) is 21.9 Å². The highest BCUT2D eigenvalue weighted by Crippen LogP contribution is 2.41. The molecule has 1 fully saturated rings. The van der Waals surface area contributed by atoms with Crippen molar-refractivity contribution in [2.24, 2.45) is 0 Å². The maximum absolute atomic E-state index is 12.2.